The fourth-order valence-electron chi connectivity index (χ4n) is 1.68. The molecular formula is C14H18BrN3. The molecule has 0 aliphatic carbocycles. The highest BCUT2D eigenvalue weighted by atomic mass is 79.9. The lowest BCUT2D eigenvalue weighted by molar-refractivity contribution is 0.424. The molecule has 0 atom stereocenters. The summed E-state index contributed by atoms with van der Waals surface area (Å²) in [5.41, 5.74) is 2.46. The zero-order chi connectivity index (χ0) is 13.2. The number of nitrogens with zero attached hydrogens (tertiary/aromatic N) is 2. The van der Waals surface area contributed by atoms with Crippen molar-refractivity contribution < 1.29 is 0 Å². The molecule has 0 saturated carbocycles. The molecule has 0 amide bonds. The molecule has 2 rings (SSSR count). The predicted molar refractivity (Wildman–Crippen MR) is 77.9 cm³/mol. The van der Waals surface area contributed by atoms with E-state index < -0.39 is 0 Å². The monoisotopic (exact) mass is 307 g/mol. The maximum absolute atomic E-state index is 4.33. The van der Waals surface area contributed by atoms with Crippen molar-refractivity contribution in [3.63, 3.8) is 0 Å². The summed E-state index contributed by atoms with van der Waals surface area (Å²) >= 11 is 3.43. The SMILES string of the molecule is CC(C)(C)NCc1ccccc1-n1cc(Br)cn1. The van der Waals surface area contributed by atoms with Gasteiger partial charge in [-0.25, -0.2) is 4.68 Å². The Morgan fingerprint density at radius 3 is 2.61 bits per heavy atom. The standard InChI is InChI=1S/C14H18BrN3/c1-14(2,3)16-8-11-6-4-5-7-13(11)18-10-12(15)9-17-18/h4-7,9-10,16H,8H2,1-3H3. The Kier molecular flexibility index (Phi) is 3.88. The van der Waals surface area contributed by atoms with Gasteiger partial charge in [-0.05, 0) is 48.3 Å². The summed E-state index contributed by atoms with van der Waals surface area (Å²) in [6.45, 7) is 7.33. The van der Waals surface area contributed by atoms with Crippen LogP contribution in [0.1, 0.15) is 26.3 Å². The lowest BCUT2D eigenvalue weighted by Crippen LogP contribution is -2.35. The minimum absolute atomic E-state index is 0.109. The highest BCUT2D eigenvalue weighted by Gasteiger charge is 2.11. The van der Waals surface area contributed by atoms with Crippen LogP contribution in [0.25, 0.3) is 5.69 Å². The van der Waals surface area contributed by atoms with Gasteiger partial charge in [0.25, 0.3) is 0 Å². The third-order valence-corrected chi connectivity index (χ3v) is 3.01. The summed E-state index contributed by atoms with van der Waals surface area (Å²) in [4.78, 5) is 0. The lowest BCUT2D eigenvalue weighted by atomic mass is 10.1. The molecule has 18 heavy (non-hydrogen) atoms. The summed E-state index contributed by atoms with van der Waals surface area (Å²) in [7, 11) is 0. The fraction of sp³-hybridized carbons (Fsp3) is 0.357. The molecule has 0 bridgehead atoms. The zero-order valence-corrected chi connectivity index (χ0v) is 12.5. The first-order valence-electron chi connectivity index (χ1n) is 5.99. The van der Waals surface area contributed by atoms with Crippen LogP contribution in [0.4, 0.5) is 0 Å². The first kappa shape index (κ1) is 13.3. The number of halogens is 1. The van der Waals surface area contributed by atoms with Crippen LogP contribution in [0, 0.1) is 0 Å². The van der Waals surface area contributed by atoms with Gasteiger partial charge in [0.15, 0.2) is 0 Å². The van der Waals surface area contributed by atoms with Gasteiger partial charge in [-0.3, -0.25) is 0 Å². The molecule has 1 heterocycles. The topological polar surface area (TPSA) is 29.9 Å². The van der Waals surface area contributed by atoms with Crippen molar-refractivity contribution in [3.8, 4) is 5.69 Å². The van der Waals surface area contributed by atoms with Crippen LogP contribution in [0.5, 0.6) is 0 Å². The highest BCUT2D eigenvalue weighted by molar-refractivity contribution is 9.10. The summed E-state index contributed by atoms with van der Waals surface area (Å²) in [5, 5.41) is 7.84. The molecule has 0 fully saturated rings. The van der Waals surface area contributed by atoms with Crippen LogP contribution in [0.2, 0.25) is 0 Å². The summed E-state index contributed by atoms with van der Waals surface area (Å²) < 4.78 is 2.88. The molecule has 0 radical (unpaired) electrons. The van der Waals surface area contributed by atoms with E-state index in [4.69, 9.17) is 0 Å². The summed E-state index contributed by atoms with van der Waals surface area (Å²) in [6, 6.07) is 8.30. The molecule has 1 aromatic carbocycles. The third-order valence-electron chi connectivity index (χ3n) is 2.60. The quantitative estimate of drug-likeness (QED) is 0.940. The van der Waals surface area contributed by atoms with Crippen LogP contribution in [0.15, 0.2) is 41.1 Å². The largest absolute Gasteiger partial charge is 0.308 e. The normalized spacial score (nSPS) is 11.8. The van der Waals surface area contributed by atoms with Gasteiger partial charge in [-0.2, -0.15) is 5.10 Å². The lowest BCUT2D eigenvalue weighted by Gasteiger charge is -2.21. The molecule has 0 saturated heterocycles. The minimum Gasteiger partial charge on any atom is -0.308 e. The average Bonchev–Trinajstić information content (AvgIpc) is 2.72. The molecule has 0 aliphatic rings. The molecule has 1 N–H and O–H groups in total. The Bertz CT molecular complexity index is 526. The van der Waals surface area contributed by atoms with Gasteiger partial charge in [-0.15, -0.1) is 0 Å². The van der Waals surface area contributed by atoms with Gasteiger partial charge in [0, 0.05) is 18.3 Å². The summed E-state index contributed by atoms with van der Waals surface area (Å²) in [6.07, 6.45) is 3.77. The Hall–Kier alpha value is -1.13. The van der Waals surface area contributed by atoms with Gasteiger partial charge in [0.1, 0.15) is 0 Å². The second-order valence-electron chi connectivity index (χ2n) is 5.34. The Morgan fingerprint density at radius 2 is 2.00 bits per heavy atom. The molecule has 0 aliphatic heterocycles. The van der Waals surface area contributed by atoms with Crippen molar-refractivity contribution in [2.45, 2.75) is 32.9 Å². The maximum atomic E-state index is 4.33. The van der Waals surface area contributed by atoms with E-state index in [-0.39, 0.29) is 5.54 Å². The van der Waals surface area contributed by atoms with Crippen molar-refractivity contribution in [2.75, 3.05) is 0 Å². The average molecular weight is 308 g/mol. The van der Waals surface area contributed by atoms with Crippen LogP contribution in [-0.2, 0) is 6.54 Å². The predicted octanol–water partition coefficient (Wildman–Crippen LogP) is 3.52. The van der Waals surface area contributed by atoms with E-state index in [0.29, 0.717) is 0 Å². The molecule has 4 heteroatoms. The van der Waals surface area contributed by atoms with Crippen molar-refractivity contribution in [2.24, 2.45) is 0 Å². The van der Waals surface area contributed by atoms with Gasteiger partial charge in [0.05, 0.1) is 16.4 Å². The molecule has 1 aromatic heterocycles. The Balaban J connectivity index is 2.26. The first-order valence-corrected chi connectivity index (χ1v) is 6.78. The number of rotatable bonds is 3. The van der Waals surface area contributed by atoms with Crippen molar-refractivity contribution in [1.29, 1.82) is 0 Å². The molecule has 2 aromatic rings. The Morgan fingerprint density at radius 1 is 1.28 bits per heavy atom. The van der Waals surface area contributed by atoms with E-state index in [1.54, 1.807) is 6.20 Å². The third kappa shape index (κ3) is 3.43. The number of para-hydroxylation sites is 1. The maximum Gasteiger partial charge on any atom is 0.0690 e. The second kappa shape index (κ2) is 5.24. The van der Waals surface area contributed by atoms with Crippen molar-refractivity contribution >= 4 is 15.9 Å². The highest BCUT2D eigenvalue weighted by Crippen LogP contribution is 2.17. The fourth-order valence-corrected chi connectivity index (χ4v) is 1.96. The van der Waals surface area contributed by atoms with E-state index in [1.807, 2.05) is 16.9 Å². The first-order chi connectivity index (χ1) is 8.46. The van der Waals surface area contributed by atoms with Crippen LogP contribution >= 0.6 is 15.9 Å². The minimum atomic E-state index is 0.109. The van der Waals surface area contributed by atoms with Crippen molar-refractivity contribution in [1.82, 2.24) is 15.1 Å². The van der Waals surface area contributed by atoms with Gasteiger partial charge in [0.2, 0.25) is 0 Å². The van der Waals surface area contributed by atoms with E-state index in [1.165, 1.54) is 5.56 Å². The van der Waals surface area contributed by atoms with E-state index in [2.05, 4.69) is 65.3 Å². The van der Waals surface area contributed by atoms with Crippen LogP contribution < -0.4 is 5.32 Å². The molecular weight excluding hydrogens is 290 g/mol. The van der Waals surface area contributed by atoms with E-state index in [9.17, 15) is 0 Å². The smallest absolute Gasteiger partial charge is 0.0690 e. The van der Waals surface area contributed by atoms with E-state index in [0.717, 1.165) is 16.7 Å². The number of aromatic nitrogens is 2. The molecule has 0 unspecified atom stereocenters. The number of nitrogens with one attached hydrogen (secondary N) is 1. The van der Waals surface area contributed by atoms with Gasteiger partial charge < -0.3 is 5.32 Å². The number of benzene rings is 1. The zero-order valence-electron chi connectivity index (χ0n) is 10.9. The van der Waals surface area contributed by atoms with Crippen LogP contribution in [-0.4, -0.2) is 15.3 Å². The summed E-state index contributed by atoms with van der Waals surface area (Å²) in [5.74, 6) is 0. The number of hydrogen-bond donors (Lipinski definition) is 1. The number of hydrogen-bond acceptors (Lipinski definition) is 2. The van der Waals surface area contributed by atoms with Crippen molar-refractivity contribution in [3.05, 3.63) is 46.7 Å². The van der Waals surface area contributed by atoms with Gasteiger partial charge >= 0.3 is 0 Å². The second-order valence-corrected chi connectivity index (χ2v) is 6.25. The molecule has 3 nitrogen and oxygen atoms in total. The molecule has 0 spiro atoms. The van der Waals surface area contributed by atoms with Gasteiger partial charge in [-0.1, -0.05) is 18.2 Å². The van der Waals surface area contributed by atoms with E-state index >= 15 is 0 Å². The Labute approximate surface area is 116 Å². The molecule has 96 valence electrons. The van der Waals surface area contributed by atoms with Crippen LogP contribution in [0.3, 0.4) is 0 Å².